The van der Waals surface area contributed by atoms with Gasteiger partial charge in [-0.05, 0) is 35.0 Å². The van der Waals surface area contributed by atoms with Crippen LogP contribution in [0.1, 0.15) is 11.5 Å². The number of aromatic nitrogens is 5. The number of urea groups is 1. The van der Waals surface area contributed by atoms with Gasteiger partial charge in [-0.1, -0.05) is 17.4 Å². The summed E-state index contributed by atoms with van der Waals surface area (Å²) in [6.45, 7) is 1.81. The number of aryl methyl sites for hydroxylation is 1. The highest BCUT2D eigenvalue weighted by molar-refractivity contribution is 7.90. The number of aromatic amines is 1. The van der Waals surface area contributed by atoms with Crippen molar-refractivity contribution in [1.82, 2.24) is 30.9 Å². The highest BCUT2D eigenvalue weighted by Gasteiger charge is 2.17. The van der Waals surface area contributed by atoms with Crippen molar-refractivity contribution in [3.8, 4) is 10.4 Å². The van der Waals surface area contributed by atoms with Gasteiger partial charge in [-0.2, -0.15) is 0 Å². The van der Waals surface area contributed by atoms with Crippen LogP contribution in [0.5, 0.6) is 0 Å². The lowest BCUT2D eigenvalue weighted by Crippen LogP contribution is -2.28. The maximum Gasteiger partial charge on any atom is 0.321 e. The van der Waals surface area contributed by atoms with Crippen LogP contribution in [-0.4, -0.2) is 46.3 Å². The molecule has 0 radical (unpaired) electrons. The largest absolute Gasteiger partial charge is 0.330 e. The fraction of sp³-hybridized carbons (Fsp3) is 0.214. The SMILES string of the molecule is Cc1nc(NC(=O)NCc2nnn[nH]2)sc1-c1ccc(S(C)(=O)=O)c(F)c1. The summed E-state index contributed by atoms with van der Waals surface area (Å²) in [4.78, 5) is 16.4. The molecule has 0 bridgehead atoms. The van der Waals surface area contributed by atoms with Gasteiger partial charge in [0.15, 0.2) is 20.8 Å². The number of nitrogens with zero attached hydrogens (tertiary/aromatic N) is 4. The fourth-order valence-corrected chi connectivity index (χ4v) is 3.91. The van der Waals surface area contributed by atoms with Gasteiger partial charge in [0.1, 0.15) is 10.7 Å². The smallest absolute Gasteiger partial charge is 0.321 e. The molecule has 0 atom stereocenters. The van der Waals surface area contributed by atoms with Crippen molar-refractivity contribution in [3.63, 3.8) is 0 Å². The van der Waals surface area contributed by atoms with Crippen LogP contribution in [0.3, 0.4) is 0 Å². The van der Waals surface area contributed by atoms with E-state index in [9.17, 15) is 17.6 Å². The Morgan fingerprint density at radius 1 is 1.37 bits per heavy atom. The van der Waals surface area contributed by atoms with E-state index in [2.05, 4.69) is 36.2 Å². The Morgan fingerprint density at radius 3 is 2.78 bits per heavy atom. The maximum atomic E-state index is 14.1. The molecule has 0 saturated carbocycles. The van der Waals surface area contributed by atoms with E-state index in [1.165, 1.54) is 12.1 Å². The summed E-state index contributed by atoms with van der Waals surface area (Å²) in [7, 11) is -3.65. The van der Waals surface area contributed by atoms with Crippen molar-refractivity contribution >= 4 is 32.3 Å². The summed E-state index contributed by atoms with van der Waals surface area (Å²) in [6.07, 6.45) is 0.943. The van der Waals surface area contributed by atoms with Gasteiger partial charge in [0, 0.05) is 6.26 Å². The molecular formula is C14H14FN7O3S2. The summed E-state index contributed by atoms with van der Waals surface area (Å²) in [5.41, 5.74) is 1.04. The number of carbonyl (C=O) groups excluding carboxylic acids is 1. The van der Waals surface area contributed by atoms with Crippen LogP contribution in [-0.2, 0) is 16.4 Å². The Labute approximate surface area is 157 Å². The van der Waals surface area contributed by atoms with Gasteiger partial charge in [-0.25, -0.2) is 27.7 Å². The van der Waals surface area contributed by atoms with Crippen LogP contribution < -0.4 is 10.6 Å². The van der Waals surface area contributed by atoms with E-state index in [0.29, 0.717) is 27.1 Å². The van der Waals surface area contributed by atoms with Gasteiger partial charge in [0.2, 0.25) is 0 Å². The number of H-pyrrole nitrogens is 1. The molecule has 3 aromatic rings. The summed E-state index contributed by atoms with van der Waals surface area (Å²) < 4.78 is 37.2. The summed E-state index contributed by atoms with van der Waals surface area (Å²) >= 11 is 1.14. The molecule has 13 heteroatoms. The number of benzene rings is 1. The van der Waals surface area contributed by atoms with Gasteiger partial charge >= 0.3 is 6.03 Å². The second kappa shape index (κ2) is 7.36. The van der Waals surface area contributed by atoms with Crippen LogP contribution in [0.15, 0.2) is 23.1 Å². The van der Waals surface area contributed by atoms with E-state index < -0.39 is 21.7 Å². The van der Waals surface area contributed by atoms with Crippen molar-refractivity contribution in [2.45, 2.75) is 18.4 Å². The average molecular weight is 411 g/mol. The molecule has 142 valence electrons. The summed E-state index contributed by atoms with van der Waals surface area (Å²) in [5.74, 6) is -0.446. The fourth-order valence-electron chi connectivity index (χ4n) is 2.22. The minimum Gasteiger partial charge on any atom is -0.330 e. The molecule has 0 aliphatic rings. The third-order valence-corrected chi connectivity index (χ3v) is 5.67. The molecule has 0 aliphatic heterocycles. The normalized spacial score (nSPS) is 11.4. The zero-order chi connectivity index (χ0) is 19.6. The minimum absolute atomic E-state index is 0.105. The molecule has 0 unspecified atom stereocenters. The first-order chi connectivity index (χ1) is 12.7. The number of sulfone groups is 1. The van der Waals surface area contributed by atoms with Crippen LogP contribution in [0, 0.1) is 12.7 Å². The predicted octanol–water partition coefficient (Wildman–Crippen LogP) is 1.50. The van der Waals surface area contributed by atoms with Gasteiger partial charge in [-0.3, -0.25) is 5.32 Å². The van der Waals surface area contributed by atoms with Gasteiger partial charge < -0.3 is 5.32 Å². The number of tetrazole rings is 1. The molecular weight excluding hydrogens is 397 g/mol. The predicted molar refractivity (Wildman–Crippen MR) is 95.4 cm³/mol. The number of halogens is 1. The second-order valence-electron chi connectivity index (χ2n) is 5.51. The third kappa shape index (κ3) is 4.43. The van der Waals surface area contributed by atoms with Crippen LogP contribution in [0.4, 0.5) is 14.3 Å². The molecule has 27 heavy (non-hydrogen) atoms. The standard InChI is InChI=1S/C14H14FN7O3S2/c1-7-12(8-3-4-10(9(15)5-8)27(2,24)25)26-14(17-7)18-13(23)16-6-11-19-21-22-20-11/h3-5H,6H2,1-2H3,(H2,16,17,18,23)(H,19,20,21,22). The Hall–Kier alpha value is -2.93. The van der Waals surface area contributed by atoms with E-state index in [-0.39, 0.29) is 11.4 Å². The lowest BCUT2D eigenvalue weighted by molar-refractivity contribution is 0.251. The monoisotopic (exact) mass is 411 g/mol. The van der Waals surface area contributed by atoms with E-state index in [0.717, 1.165) is 23.7 Å². The van der Waals surface area contributed by atoms with Crippen LogP contribution >= 0.6 is 11.3 Å². The molecule has 2 heterocycles. The number of nitrogens with one attached hydrogen (secondary N) is 3. The maximum absolute atomic E-state index is 14.1. The number of amides is 2. The van der Waals surface area contributed by atoms with E-state index >= 15 is 0 Å². The molecule has 2 aromatic heterocycles. The van der Waals surface area contributed by atoms with Gasteiger partial charge in [0.05, 0.1) is 17.1 Å². The highest BCUT2D eigenvalue weighted by Crippen LogP contribution is 2.34. The van der Waals surface area contributed by atoms with Crippen molar-refractivity contribution < 1.29 is 17.6 Å². The summed E-state index contributed by atoms with van der Waals surface area (Å²) in [6, 6.07) is 3.34. The highest BCUT2D eigenvalue weighted by atomic mass is 32.2. The van der Waals surface area contributed by atoms with Gasteiger partial charge in [-0.15, -0.1) is 5.10 Å². The van der Waals surface area contributed by atoms with E-state index in [1.54, 1.807) is 6.92 Å². The Morgan fingerprint density at radius 2 is 2.15 bits per heavy atom. The zero-order valence-electron chi connectivity index (χ0n) is 14.1. The quantitative estimate of drug-likeness (QED) is 0.577. The lowest BCUT2D eigenvalue weighted by atomic mass is 10.1. The lowest BCUT2D eigenvalue weighted by Gasteiger charge is -2.04. The molecule has 0 fully saturated rings. The Balaban J connectivity index is 1.74. The molecule has 0 spiro atoms. The molecule has 2 amide bonds. The molecule has 1 aromatic carbocycles. The zero-order valence-corrected chi connectivity index (χ0v) is 15.8. The molecule has 3 N–H and O–H groups in total. The topological polar surface area (TPSA) is 143 Å². The van der Waals surface area contributed by atoms with Crippen LogP contribution in [0.25, 0.3) is 10.4 Å². The molecule has 0 aliphatic carbocycles. The van der Waals surface area contributed by atoms with E-state index in [4.69, 9.17) is 0 Å². The molecule has 10 nitrogen and oxygen atoms in total. The summed E-state index contributed by atoms with van der Waals surface area (Å²) in [5, 5.41) is 18.4. The van der Waals surface area contributed by atoms with E-state index in [1.807, 2.05) is 0 Å². The second-order valence-corrected chi connectivity index (χ2v) is 8.49. The first-order valence-corrected chi connectivity index (χ1v) is 10.2. The molecule has 3 rings (SSSR count). The van der Waals surface area contributed by atoms with Crippen molar-refractivity contribution in [3.05, 3.63) is 35.5 Å². The first kappa shape index (κ1) is 18.8. The Kier molecular flexibility index (Phi) is 5.14. The number of anilines is 1. The van der Waals surface area contributed by atoms with Crippen molar-refractivity contribution in [2.24, 2.45) is 0 Å². The number of rotatable bonds is 5. The average Bonchev–Trinajstić information content (AvgIpc) is 3.21. The number of carbonyl (C=O) groups is 1. The van der Waals surface area contributed by atoms with Crippen molar-refractivity contribution in [2.75, 3.05) is 11.6 Å². The minimum atomic E-state index is -3.65. The number of hydrogen-bond donors (Lipinski definition) is 3. The van der Waals surface area contributed by atoms with Crippen molar-refractivity contribution in [1.29, 1.82) is 0 Å². The number of hydrogen-bond acceptors (Lipinski definition) is 8. The van der Waals surface area contributed by atoms with Crippen LogP contribution in [0.2, 0.25) is 0 Å². The third-order valence-electron chi connectivity index (χ3n) is 3.42. The number of thiazole rings is 1. The first-order valence-electron chi connectivity index (χ1n) is 7.49. The molecule has 0 saturated heterocycles. The van der Waals surface area contributed by atoms with Gasteiger partial charge in [0.25, 0.3) is 0 Å². The Bertz CT molecular complexity index is 1080.